The first-order chi connectivity index (χ1) is 11.4. The third-order valence-electron chi connectivity index (χ3n) is 3.50. The van der Waals surface area contributed by atoms with Crippen LogP contribution in [0.1, 0.15) is 37.0 Å². The van der Waals surface area contributed by atoms with Crippen LogP contribution in [0.5, 0.6) is 5.75 Å². The number of rotatable bonds is 7. The van der Waals surface area contributed by atoms with Gasteiger partial charge in [0.1, 0.15) is 5.75 Å². The monoisotopic (exact) mass is 365 g/mol. The second kappa shape index (κ2) is 8.48. The molecule has 0 fully saturated rings. The molecule has 7 heteroatoms. The number of anilines is 1. The minimum Gasteiger partial charge on any atom is -0.481 e. The van der Waals surface area contributed by atoms with Crippen molar-refractivity contribution >= 4 is 34.1 Å². The number of nitrogens with one attached hydrogen (secondary N) is 1. The number of ether oxygens (including phenoxy) is 1. The number of carbonyl (C=O) groups is 1. The van der Waals surface area contributed by atoms with Gasteiger partial charge in [-0.25, -0.2) is 0 Å². The van der Waals surface area contributed by atoms with Crippen LogP contribution in [-0.2, 0) is 4.79 Å². The molecular formula is C17H23N3O2S2. The molecule has 0 aliphatic rings. The number of thioether (sulfide) groups is 1. The molecule has 2 rings (SSSR count). The first-order valence-electron chi connectivity index (χ1n) is 7.92. The lowest BCUT2D eigenvalue weighted by molar-refractivity contribution is -0.122. The van der Waals surface area contributed by atoms with Crippen molar-refractivity contribution < 1.29 is 9.53 Å². The normalized spacial score (nSPS) is 12.0. The molecule has 0 spiro atoms. The Bertz CT molecular complexity index is 716. The highest BCUT2D eigenvalue weighted by Crippen LogP contribution is 2.27. The van der Waals surface area contributed by atoms with Gasteiger partial charge in [-0.05, 0) is 56.9 Å². The molecule has 0 bridgehead atoms. The maximum Gasteiger partial charge on any atom is 0.266 e. The molecule has 2 aromatic rings. The molecular weight excluding hydrogens is 342 g/mol. The van der Waals surface area contributed by atoms with E-state index in [9.17, 15) is 4.79 Å². The summed E-state index contributed by atoms with van der Waals surface area (Å²) < 4.78 is 6.72. The molecule has 1 N–H and O–H groups in total. The lowest BCUT2D eigenvalue weighted by Gasteiger charge is -2.17. The topological polar surface area (TPSA) is 64.1 Å². The molecule has 130 valence electrons. The van der Waals surface area contributed by atoms with E-state index in [0.717, 1.165) is 39.0 Å². The number of nitrogens with zero attached hydrogens (tertiary/aromatic N) is 2. The quantitative estimate of drug-likeness (QED) is 0.583. The Morgan fingerprint density at radius 1 is 1.33 bits per heavy atom. The zero-order valence-electron chi connectivity index (χ0n) is 14.7. The molecule has 0 unspecified atom stereocenters. The summed E-state index contributed by atoms with van der Waals surface area (Å²) in [6.45, 7) is 9.90. The lowest BCUT2D eigenvalue weighted by Crippen LogP contribution is -2.30. The lowest BCUT2D eigenvalue weighted by atomic mass is 10.1. The van der Waals surface area contributed by atoms with E-state index >= 15 is 0 Å². The average molecular weight is 366 g/mol. The molecule has 1 heterocycles. The van der Waals surface area contributed by atoms with Gasteiger partial charge in [0.05, 0.1) is 0 Å². The molecule has 0 aliphatic heterocycles. The van der Waals surface area contributed by atoms with Gasteiger partial charge in [-0.2, -0.15) is 0 Å². The summed E-state index contributed by atoms with van der Waals surface area (Å²) in [6.07, 6.45) is 0.465. The summed E-state index contributed by atoms with van der Waals surface area (Å²) in [6, 6.07) is 4.06. The number of hydrogen-bond donors (Lipinski definition) is 1. The number of benzene rings is 1. The van der Waals surface area contributed by atoms with Crippen LogP contribution in [-0.4, -0.2) is 28.0 Å². The van der Waals surface area contributed by atoms with Gasteiger partial charge in [0.15, 0.2) is 10.4 Å². The van der Waals surface area contributed by atoms with Crippen molar-refractivity contribution in [1.29, 1.82) is 0 Å². The van der Waals surface area contributed by atoms with Crippen LogP contribution < -0.4 is 10.1 Å². The van der Waals surface area contributed by atoms with E-state index < -0.39 is 6.10 Å². The average Bonchev–Trinajstić information content (AvgIpc) is 2.97. The maximum atomic E-state index is 12.3. The van der Waals surface area contributed by atoms with Crippen molar-refractivity contribution in [3.05, 3.63) is 28.8 Å². The number of aryl methyl sites for hydroxylation is 2. The second-order valence-corrected chi connectivity index (χ2v) is 8.00. The summed E-state index contributed by atoms with van der Waals surface area (Å²) in [5.74, 6) is 1.51. The zero-order chi connectivity index (χ0) is 17.7. The minimum atomic E-state index is -0.611. The van der Waals surface area contributed by atoms with E-state index in [-0.39, 0.29) is 5.91 Å². The Kier molecular flexibility index (Phi) is 6.62. The van der Waals surface area contributed by atoms with Gasteiger partial charge < -0.3 is 4.74 Å². The van der Waals surface area contributed by atoms with Crippen LogP contribution in [0.2, 0.25) is 0 Å². The van der Waals surface area contributed by atoms with Crippen LogP contribution in [0.25, 0.3) is 0 Å². The van der Waals surface area contributed by atoms with Crippen LogP contribution >= 0.6 is 23.1 Å². The Balaban J connectivity index is 1.98. The molecule has 1 aromatic heterocycles. The smallest absolute Gasteiger partial charge is 0.266 e. The number of carbonyl (C=O) groups excluding carboxylic acids is 1. The third kappa shape index (κ3) is 4.95. The predicted octanol–water partition coefficient (Wildman–Crippen LogP) is 4.37. The van der Waals surface area contributed by atoms with E-state index in [4.69, 9.17) is 4.74 Å². The Morgan fingerprint density at radius 3 is 2.79 bits per heavy atom. The van der Waals surface area contributed by atoms with Gasteiger partial charge in [0.25, 0.3) is 5.91 Å². The maximum absolute atomic E-state index is 12.3. The third-order valence-corrected chi connectivity index (χ3v) is 5.68. The summed E-state index contributed by atoms with van der Waals surface area (Å²) in [7, 11) is 0. The molecule has 24 heavy (non-hydrogen) atoms. The van der Waals surface area contributed by atoms with Gasteiger partial charge in [-0.1, -0.05) is 36.1 Å². The summed E-state index contributed by atoms with van der Waals surface area (Å²) in [5, 5.41) is 11.3. The number of amides is 1. The highest BCUT2D eigenvalue weighted by molar-refractivity contribution is 8.01. The molecule has 0 aliphatic carbocycles. The Morgan fingerprint density at radius 2 is 2.08 bits per heavy atom. The zero-order valence-corrected chi connectivity index (χ0v) is 16.3. The molecule has 0 saturated heterocycles. The second-order valence-electron chi connectivity index (χ2n) is 5.68. The van der Waals surface area contributed by atoms with E-state index in [0.29, 0.717) is 5.13 Å². The van der Waals surface area contributed by atoms with E-state index in [1.807, 2.05) is 26.8 Å². The van der Waals surface area contributed by atoms with Crippen molar-refractivity contribution in [3.63, 3.8) is 0 Å². The van der Waals surface area contributed by atoms with Crippen molar-refractivity contribution in [2.75, 3.05) is 11.1 Å². The van der Waals surface area contributed by atoms with Crippen LogP contribution in [0.15, 0.2) is 16.5 Å². The molecule has 5 nitrogen and oxygen atoms in total. The fourth-order valence-electron chi connectivity index (χ4n) is 2.08. The Hall–Kier alpha value is -1.60. The molecule has 0 radical (unpaired) electrons. The van der Waals surface area contributed by atoms with Gasteiger partial charge >= 0.3 is 0 Å². The summed E-state index contributed by atoms with van der Waals surface area (Å²) in [4.78, 5) is 12.3. The van der Waals surface area contributed by atoms with Gasteiger partial charge in [0, 0.05) is 5.75 Å². The van der Waals surface area contributed by atoms with Gasteiger partial charge in [-0.3, -0.25) is 10.1 Å². The van der Waals surface area contributed by atoms with Crippen molar-refractivity contribution in [1.82, 2.24) is 10.2 Å². The van der Waals surface area contributed by atoms with Crippen LogP contribution in [0, 0.1) is 20.8 Å². The molecule has 0 saturated carbocycles. The standard InChI is InChI=1S/C17H23N3O2S2/c1-6-7-23-17-20-19-16(24-17)18-15(21)13(5)22-14-9-10(2)8-11(3)12(14)4/h8-9,13H,6-7H2,1-5H3,(H,18,19,21)/t13-/m1/s1. The van der Waals surface area contributed by atoms with E-state index in [1.165, 1.54) is 11.3 Å². The van der Waals surface area contributed by atoms with Crippen molar-refractivity contribution in [3.8, 4) is 5.75 Å². The number of aromatic nitrogens is 2. The molecule has 1 amide bonds. The van der Waals surface area contributed by atoms with E-state index in [2.05, 4.69) is 28.5 Å². The SMILES string of the molecule is CCCSc1nnc(NC(=O)[C@@H](C)Oc2cc(C)cc(C)c2C)s1. The van der Waals surface area contributed by atoms with Crippen molar-refractivity contribution in [2.24, 2.45) is 0 Å². The highest BCUT2D eigenvalue weighted by atomic mass is 32.2. The van der Waals surface area contributed by atoms with Gasteiger partial charge in [0.2, 0.25) is 5.13 Å². The first kappa shape index (κ1) is 18.7. The molecule has 1 atom stereocenters. The summed E-state index contributed by atoms with van der Waals surface area (Å²) >= 11 is 3.03. The van der Waals surface area contributed by atoms with Crippen LogP contribution in [0.3, 0.4) is 0 Å². The first-order valence-corrected chi connectivity index (χ1v) is 9.72. The number of hydrogen-bond acceptors (Lipinski definition) is 6. The fraction of sp³-hybridized carbons (Fsp3) is 0.471. The predicted molar refractivity (Wildman–Crippen MR) is 100 cm³/mol. The minimum absolute atomic E-state index is 0.225. The van der Waals surface area contributed by atoms with E-state index in [1.54, 1.807) is 18.7 Å². The molecule has 1 aromatic carbocycles. The summed E-state index contributed by atoms with van der Waals surface area (Å²) in [5.41, 5.74) is 3.32. The Labute approximate surface area is 151 Å². The van der Waals surface area contributed by atoms with Gasteiger partial charge in [-0.15, -0.1) is 10.2 Å². The highest BCUT2D eigenvalue weighted by Gasteiger charge is 2.18. The largest absolute Gasteiger partial charge is 0.481 e. The van der Waals surface area contributed by atoms with Crippen molar-refractivity contribution in [2.45, 2.75) is 51.5 Å². The fourth-order valence-corrected chi connectivity index (χ4v) is 3.76. The van der Waals surface area contributed by atoms with Crippen LogP contribution in [0.4, 0.5) is 5.13 Å².